The van der Waals surface area contributed by atoms with Crippen LogP contribution in [0.15, 0.2) is 18.2 Å². The van der Waals surface area contributed by atoms with Crippen molar-refractivity contribution in [1.82, 2.24) is 4.90 Å². The predicted molar refractivity (Wildman–Crippen MR) is 76.4 cm³/mol. The number of carbonyl (C=O) groups excluding carboxylic acids is 1. The van der Waals surface area contributed by atoms with Gasteiger partial charge in [-0.25, -0.2) is 0 Å². The molecule has 1 aromatic rings. The number of anilines is 1. The van der Waals surface area contributed by atoms with Crippen molar-refractivity contribution in [3.05, 3.63) is 29.3 Å². The summed E-state index contributed by atoms with van der Waals surface area (Å²) in [5.41, 5.74) is 2.21. The Balaban J connectivity index is 2.08. The normalized spacial score (nSPS) is 16.4. The maximum absolute atomic E-state index is 12.3. The van der Waals surface area contributed by atoms with Crippen LogP contribution in [0.1, 0.15) is 18.1 Å². The van der Waals surface area contributed by atoms with Gasteiger partial charge in [0.1, 0.15) is 12.1 Å². The van der Waals surface area contributed by atoms with E-state index in [1.165, 1.54) is 0 Å². The van der Waals surface area contributed by atoms with Gasteiger partial charge in [0.05, 0.1) is 24.5 Å². The molecule has 1 unspecified atom stereocenters. The van der Waals surface area contributed by atoms with Gasteiger partial charge in [0.15, 0.2) is 0 Å². The predicted octanol–water partition coefficient (Wildman–Crippen LogP) is 1.53. The lowest BCUT2D eigenvalue weighted by Crippen LogP contribution is -2.47. The lowest BCUT2D eigenvalue weighted by Gasteiger charge is -2.30. The van der Waals surface area contributed by atoms with E-state index in [2.05, 4.69) is 11.4 Å². The Kier molecular flexibility index (Phi) is 4.59. The zero-order chi connectivity index (χ0) is 14.5. The SMILES string of the molecule is Cc1cccc(NC(C)C(=O)N2CCOCC2)c1C#N. The average molecular weight is 273 g/mol. The van der Waals surface area contributed by atoms with E-state index in [-0.39, 0.29) is 11.9 Å². The van der Waals surface area contributed by atoms with E-state index in [4.69, 9.17) is 4.74 Å². The number of ether oxygens (including phenoxy) is 1. The molecule has 1 aromatic carbocycles. The first kappa shape index (κ1) is 14.4. The summed E-state index contributed by atoms with van der Waals surface area (Å²) in [6.07, 6.45) is 0. The van der Waals surface area contributed by atoms with Crippen LogP contribution in [0, 0.1) is 18.3 Å². The highest BCUT2D eigenvalue weighted by atomic mass is 16.5. The van der Waals surface area contributed by atoms with E-state index in [1.54, 1.807) is 4.90 Å². The van der Waals surface area contributed by atoms with Gasteiger partial charge >= 0.3 is 0 Å². The molecule has 1 amide bonds. The van der Waals surface area contributed by atoms with E-state index in [0.717, 1.165) is 5.56 Å². The Hall–Kier alpha value is -2.06. The largest absolute Gasteiger partial charge is 0.378 e. The Morgan fingerprint density at radius 3 is 2.80 bits per heavy atom. The monoisotopic (exact) mass is 273 g/mol. The second kappa shape index (κ2) is 6.40. The standard InChI is InChI=1S/C15H19N3O2/c1-11-4-3-5-14(13(11)10-16)17-12(2)15(19)18-6-8-20-9-7-18/h3-5,12,17H,6-9H2,1-2H3. The minimum Gasteiger partial charge on any atom is -0.378 e. The number of nitriles is 1. The summed E-state index contributed by atoms with van der Waals surface area (Å²) in [4.78, 5) is 14.1. The van der Waals surface area contributed by atoms with Crippen molar-refractivity contribution in [2.75, 3.05) is 31.6 Å². The molecule has 0 bridgehead atoms. The van der Waals surface area contributed by atoms with Gasteiger partial charge in [-0.15, -0.1) is 0 Å². The smallest absolute Gasteiger partial charge is 0.244 e. The number of benzene rings is 1. The Bertz CT molecular complexity index is 530. The number of amides is 1. The molecule has 106 valence electrons. The minimum atomic E-state index is -0.359. The first-order valence-corrected chi connectivity index (χ1v) is 6.76. The van der Waals surface area contributed by atoms with Gasteiger partial charge in [-0.2, -0.15) is 5.26 Å². The first-order valence-electron chi connectivity index (χ1n) is 6.76. The fourth-order valence-corrected chi connectivity index (χ4v) is 2.29. The van der Waals surface area contributed by atoms with Crippen LogP contribution < -0.4 is 5.32 Å². The molecule has 0 aliphatic carbocycles. The van der Waals surface area contributed by atoms with E-state index in [0.29, 0.717) is 37.6 Å². The molecule has 20 heavy (non-hydrogen) atoms. The zero-order valence-corrected chi connectivity index (χ0v) is 11.8. The molecular weight excluding hydrogens is 254 g/mol. The molecule has 0 spiro atoms. The summed E-state index contributed by atoms with van der Waals surface area (Å²) < 4.78 is 5.24. The van der Waals surface area contributed by atoms with Crippen LogP contribution in [0.3, 0.4) is 0 Å². The molecule has 1 aliphatic heterocycles. The number of rotatable bonds is 3. The zero-order valence-electron chi connectivity index (χ0n) is 11.8. The summed E-state index contributed by atoms with van der Waals surface area (Å²) in [5, 5.41) is 12.3. The van der Waals surface area contributed by atoms with Crippen molar-refractivity contribution in [2.24, 2.45) is 0 Å². The van der Waals surface area contributed by atoms with Crippen LogP contribution in [0.25, 0.3) is 0 Å². The van der Waals surface area contributed by atoms with E-state index < -0.39 is 0 Å². The van der Waals surface area contributed by atoms with Crippen LogP contribution >= 0.6 is 0 Å². The summed E-state index contributed by atoms with van der Waals surface area (Å²) in [5.74, 6) is 0.0405. The van der Waals surface area contributed by atoms with Gasteiger partial charge in [0.2, 0.25) is 5.91 Å². The number of nitrogens with zero attached hydrogens (tertiary/aromatic N) is 2. The van der Waals surface area contributed by atoms with Crippen molar-refractivity contribution < 1.29 is 9.53 Å². The second-order valence-corrected chi connectivity index (χ2v) is 4.91. The molecule has 1 heterocycles. The average Bonchev–Trinajstić information content (AvgIpc) is 2.47. The van der Waals surface area contributed by atoms with E-state index in [9.17, 15) is 10.1 Å². The number of hydrogen-bond donors (Lipinski definition) is 1. The second-order valence-electron chi connectivity index (χ2n) is 4.91. The highest BCUT2D eigenvalue weighted by Gasteiger charge is 2.22. The molecule has 1 aliphatic rings. The number of nitrogens with one attached hydrogen (secondary N) is 1. The Labute approximate surface area is 119 Å². The third-order valence-corrected chi connectivity index (χ3v) is 3.45. The number of hydrogen-bond acceptors (Lipinski definition) is 4. The van der Waals surface area contributed by atoms with Crippen LogP contribution in [-0.4, -0.2) is 43.2 Å². The van der Waals surface area contributed by atoms with E-state index >= 15 is 0 Å². The van der Waals surface area contributed by atoms with Gasteiger partial charge in [0, 0.05) is 13.1 Å². The molecule has 0 saturated carbocycles. The van der Waals surface area contributed by atoms with Crippen LogP contribution in [0.4, 0.5) is 5.69 Å². The fourth-order valence-electron chi connectivity index (χ4n) is 2.29. The maximum atomic E-state index is 12.3. The van der Waals surface area contributed by atoms with Gasteiger partial charge in [-0.3, -0.25) is 4.79 Å². The number of morpholine rings is 1. The molecule has 0 radical (unpaired) electrons. The Morgan fingerprint density at radius 1 is 1.45 bits per heavy atom. The summed E-state index contributed by atoms with van der Waals surface area (Å²) in [7, 11) is 0. The molecule has 0 aromatic heterocycles. The van der Waals surface area contributed by atoms with Crippen LogP contribution in [0.2, 0.25) is 0 Å². The summed E-state index contributed by atoms with van der Waals surface area (Å²) >= 11 is 0. The third kappa shape index (κ3) is 3.09. The van der Waals surface area contributed by atoms with Crippen molar-refractivity contribution in [2.45, 2.75) is 19.9 Å². The number of carbonyl (C=O) groups is 1. The van der Waals surface area contributed by atoms with Crippen molar-refractivity contribution in [3.8, 4) is 6.07 Å². The lowest BCUT2D eigenvalue weighted by molar-refractivity contribution is -0.135. The van der Waals surface area contributed by atoms with Crippen molar-refractivity contribution in [3.63, 3.8) is 0 Å². The fraction of sp³-hybridized carbons (Fsp3) is 0.467. The highest BCUT2D eigenvalue weighted by molar-refractivity contribution is 5.85. The van der Waals surface area contributed by atoms with Crippen LogP contribution in [0.5, 0.6) is 0 Å². The molecule has 1 saturated heterocycles. The van der Waals surface area contributed by atoms with Gasteiger partial charge in [-0.05, 0) is 25.5 Å². The molecule has 1 N–H and O–H groups in total. The molecule has 2 rings (SSSR count). The molecule has 1 fully saturated rings. The topological polar surface area (TPSA) is 65.4 Å². The summed E-state index contributed by atoms with van der Waals surface area (Å²) in [6.45, 7) is 6.14. The molecule has 5 heteroatoms. The molecule has 1 atom stereocenters. The van der Waals surface area contributed by atoms with Gasteiger partial charge < -0.3 is 15.0 Å². The van der Waals surface area contributed by atoms with Gasteiger partial charge in [0.25, 0.3) is 0 Å². The Morgan fingerprint density at radius 2 is 2.15 bits per heavy atom. The van der Waals surface area contributed by atoms with Gasteiger partial charge in [-0.1, -0.05) is 12.1 Å². The number of aryl methyl sites for hydroxylation is 1. The molecular formula is C15H19N3O2. The third-order valence-electron chi connectivity index (χ3n) is 3.45. The quantitative estimate of drug-likeness (QED) is 0.907. The lowest BCUT2D eigenvalue weighted by atomic mass is 10.1. The minimum absolute atomic E-state index is 0.0405. The highest BCUT2D eigenvalue weighted by Crippen LogP contribution is 2.19. The van der Waals surface area contributed by atoms with Crippen LogP contribution in [-0.2, 0) is 9.53 Å². The summed E-state index contributed by atoms with van der Waals surface area (Å²) in [6, 6.07) is 7.42. The van der Waals surface area contributed by atoms with Crippen molar-refractivity contribution >= 4 is 11.6 Å². The molecule has 5 nitrogen and oxygen atoms in total. The first-order chi connectivity index (χ1) is 9.63. The van der Waals surface area contributed by atoms with Crippen molar-refractivity contribution in [1.29, 1.82) is 5.26 Å². The van der Waals surface area contributed by atoms with E-state index in [1.807, 2.05) is 32.0 Å². The maximum Gasteiger partial charge on any atom is 0.244 e.